The van der Waals surface area contributed by atoms with Gasteiger partial charge in [-0.1, -0.05) is 59.6 Å². The summed E-state index contributed by atoms with van der Waals surface area (Å²) in [5.41, 5.74) is 0.888. The summed E-state index contributed by atoms with van der Waals surface area (Å²) in [5, 5.41) is 3.39. The maximum absolute atomic E-state index is 13.6. The van der Waals surface area contributed by atoms with Crippen LogP contribution in [0, 0.1) is 0 Å². The Kier molecular flexibility index (Phi) is 8.77. The van der Waals surface area contributed by atoms with Gasteiger partial charge in [0.2, 0.25) is 11.8 Å². The first-order chi connectivity index (χ1) is 16.6. The summed E-state index contributed by atoms with van der Waals surface area (Å²) in [6.07, 6.45) is 0. The van der Waals surface area contributed by atoms with E-state index in [0.717, 1.165) is 4.31 Å². The van der Waals surface area contributed by atoms with Crippen molar-refractivity contribution in [3.05, 3.63) is 94.5 Å². The molecule has 0 heterocycles. The molecule has 0 aliphatic carbocycles. The molecule has 1 N–H and O–H groups in total. The van der Waals surface area contributed by atoms with Gasteiger partial charge in [-0.15, -0.1) is 0 Å². The van der Waals surface area contributed by atoms with Gasteiger partial charge in [0.25, 0.3) is 10.0 Å². The van der Waals surface area contributed by atoms with Gasteiger partial charge in [0.05, 0.1) is 10.6 Å². The second-order valence-electron chi connectivity index (χ2n) is 7.70. The number of sulfonamides is 1. The Labute approximate surface area is 215 Å². The van der Waals surface area contributed by atoms with E-state index in [1.165, 1.54) is 36.2 Å². The predicted molar refractivity (Wildman–Crippen MR) is 138 cm³/mol. The number of hydrogen-bond acceptors (Lipinski definition) is 4. The molecule has 3 rings (SSSR count). The Bertz CT molecular complexity index is 1290. The molecule has 0 aromatic heterocycles. The third-order valence-electron chi connectivity index (χ3n) is 5.44. The fourth-order valence-corrected chi connectivity index (χ4v) is 5.21. The number of hydrogen-bond donors (Lipinski definition) is 1. The zero-order chi connectivity index (χ0) is 25.6. The molecule has 0 bridgehead atoms. The Morgan fingerprint density at radius 1 is 0.914 bits per heavy atom. The zero-order valence-electron chi connectivity index (χ0n) is 19.2. The largest absolute Gasteiger partial charge is 0.357 e. The van der Waals surface area contributed by atoms with Crippen molar-refractivity contribution in [1.82, 2.24) is 10.2 Å². The number of likely N-dealkylation sites (N-methyl/N-ethyl adjacent to an activating group) is 1. The van der Waals surface area contributed by atoms with Crippen LogP contribution >= 0.6 is 23.2 Å². The van der Waals surface area contributed by atoms with E-state index in [-0.39, 0.29) is 17.1 Å². The van der Waals surface area contributed by atoms with E-state index in [9.17, 15) is 18.0 Å². The fourth-order valence-electron chi connectivity index (χ4n) is 3.46. The van der Waals surface area contributed by atoms with Crippen LogP contribution in [-0.2, 0) is 26.2 Å². The van der Waals surface area contributed by atoms with E-state index in [1.54, 1.807) is 61.5 Å². The number of anilines is 1. The highest BCUT2D eigenvalue weighted by Crippen LogP contribution is 2.26. The first-order valence-corrected chi connectivity index (χ1v) is 12.9. The van der Waals surface area contributed by atoms with Gasteiger partial charge in [-0.05, 0) is 55.0 Å². The van der Waals surface area contributed by atoms with E-state index in [2.05, 4.69) is 5.32 Å². The van der Waals surface area contributed by atoms with Crippen molar-refractivity contribution >= 4 is 50.7 Å². The van der Waals surface area contributed by atoms with Gasteiger partial charge < -0.3 is 10.2 Å². The Balaban J connectivity index is 2.02. The molecule has 1 atom stereocenters. The van der Waals surface area contributed by atoms with Gasteiger partial charge in [-0.3, -0.25) is 13.9 Å². The molecule has 184 valence electrons. The third kappa shape index (κ3) is 6.33. The van der Waals surface area contributed by atoms with E-state index < -0.39 is 34.4 Å². The number of benzene rings is 3. The van der Waals surface area contributed by atoms with E-state index in [1.807, 2.05) is 0 Å². The molecule has 0 saturated heterocycles. The maximum Gasteiger partial charge on any atom is 0.264 e. The summed E-state index contributed by atoms with van der Waals surface area (Å²) in [6.45, 7) is 1.06. The number of carbonyl (C=O) groups is 2. The monoisotopic (exact) mass is 533 g/mol. The summed E-state index contributed by atoms with van der Waals surface area (Å²) in [6, 6.07) is 20.0. The molecular formula is C25H25Cl2N3O4S. The normalized spacial score (nSPS) is 12.0. The highest BCUT2D eigenvalue weighted by molar-refractivity contribution is 7.92. The Morgan fingerprint density at radius 3 is 2.11 bits per heavy atom. The molecule has 0 radical (unpaired) electrons. The van der Waals surface area contributed by atoms with Crippen molar-refractivity contribution < 1.29 is 18.0 Å². The topological polar surface area (TPSA) is 86.8 Å². The molecule has 7 nitrogen and oxygen atoms in total. The number of nitrogens with zero attached hydrogens (tertiary/aromatic N) is 2. The highest BCUT2D eigenvalue weighted by atomic mass is 35.5. The summed E-state index contributed by atoms with van der Waals surface area (Å²) in [4.78, 5) is 27.4. The minimum atomic E-state index is -4.11. The molecule has 2 amide bonds. The van der Waals surface area contributed by atoms with E-state index >= 15 is 0 Å². The molecule has 10 heteroatoms. The molecule has 3 aromatic rings. The quantitative estimate of drug-likeness (QED) is 0.442. The van der Waals surface area contributed by atoms with Crippen LogP contribution in [0.1, 0.15) is 12.5 Å². The average molecular weight is 534 g/mol. The smallest absolute Gasteiger partial charge is 0.264 e. The molecular weight excluding hydrogens is 509 g/mol. The molecule has 0 spiro atoms. The maximum atomic E-state index is 13.6. The number of rotatable bonds is 9. The van der Waals surface area contributed by atoms with Gasteiger partial charge in [-0.25, -0.2) is 8.42 Å². The van der Waals surface area contributed by atoms with Crippen LogP contribution in [0.2, 0.25) is 10.0 Å². The van der Waals surface area contributed by atoms with Crippen LogP contribution < -0.4 is 9.62 Å². The van der Waals surface area contributed by atoms with Crippen molar-refractivity contribution in [2.75, 3.05) is 17.9 Å². The van der Waals surface area contributed by atoms with Crippen molar-refractivity contribution in [3.63, 3.8) is 0 Å². The minimum absolute atomic E-state index is 0.0208. The predicted octanol–water partition coefficient (Wildman–Crippen LogP) is 4.35. The van der Waals surface area contributed by atoms with Gasteiger partial charge in [0, 0.05) is 23.6 Å². The zero-order valence-corrected chi connectivity index (χ0v) is 21.5. The summed E-state index contributed by atoms with van der Waals surface area (Å²) in [5.74, 6) is -0.968. The number of carbonyl (C=O) groups excluding carboxylic acids is 2. The molecule has 3 aromatic carbocycles. The first kappa shape index (κ1) is 26.5. The van der Waals surface area contributed by atoms with Crippen LogP contribution in [0.4, 0.5) is 5.69 Å². The third-order valence-corrected chi connectivity index (χ3v) is 7.85. The van der Waals surface area contributed by atoms with Crippen LogP contribution in [0.5, 0.6) is 0 Å². The van der Waals surface area contributed by atoms with E-state index in [4.69, 9.17) is 23.2 Å². The number of halogens is 2. The number of amides is 2. The molecule has 0 unspecified atom stereocenters. The standard InChI is InChI=1S/C25H25Cl2N3O4S/c1-18(25(32)28-2)29(16-19-8-6-7-11-23(19)27)24(31)17-30(21-14-12-20(26)13-15-21)35(33,34)22-9-4-3-5-10-22/h3-15,18H,16-17H2,1-2H3,(H,28,32)/t18-/m1/s1. The van der Waals surface area contributed by atoms with Gasteiger partial charge in [0.1, 0.15) is 12.6 Å². The Hall–Kier alpha value is -3.07. The Morgan fingerprint density at radius 2 is 1.51 bits per heavy atom. The van der Waals surface area contributed by atoms with Crippen LogP contribution in [-0.4, -0.2) is 44.8 Å². The second kappa shape index (κ2) is 11.6. The molecule has 35 heavy (non-hydrogen) atoms. The average Bonchev–Trinajstić information content (AvgIpc) is 2.86. The summed E-state index contributed by atoms with van der Waals surface area (Å²) in [7, 11) is -2.64. The van der Waals surface area contributed by atoms with E-state index in [0.29, 0.717) is 15.6 Å². The molecule has 0 aliphatic heterocycles. The summed E-state index contributed by atoms with van der Waals surface area (Å²) >= 11 is 12.3. The lowest BCUT2D eigenvalue weighted by molar-refractivity contribution is -0.139. The molecule has 0 aliphatic rings. The summed E-state index contributed by atoms with van der Waals surface area (Å²) < 4.78 is 28.2. The van der Waals surface area contributed by atoms with Crippen molar-refractivity contribution in [3.8, 4) is 0 Å². The van der Waals surface area contributed by atoms with Gasteiger partial charge >= 0.3 is 0 Å². The lowest BCUT2D eigenvalue weighted by Gasteiger charge is -2.32. The lowest BCUT2D eigenvalue weighted by Crippen LogP contribution is -2.50. The first-order valence-electron chi connectivity index (χ1n) is 10.7. The molecule has 0 fully saturated rings. The van der Waals surface area contributed by atoms with Crippen LogP contribution in [0.25, 0.3) is 0 Å². The molecule has 0 saturated carbocycles. The lowest BCUT2D eigenvalue weighted by atomic mass is 10.1. The van der Waals surface area contributed by atoms with Crippen LogP contribution in [0.15, 0.2) is 83.8 Å². The van der Waals surface area contributed by atoms with Gasteiger partial charge in [-0.2, -0.15) is 0 Å². The fraction of sp³-hybridized carbons (Fsp3) is 0.200. The number of nitrogens with one attached hydrogen (secondary N) is 1. The minimum Gasteiger partial charge on any atom is -0.357 e. The van der Waals surface area contributed by atoms with Crippen molar-refractivity contribution in [2.24, 2.45) is 0 Å². The van der Waals surface area contributed by atoms with Crippen molar-refractivity contribution in [2.45, 2.75) is 24.4 Å². The van der Waals surface area contributed by atoms with Crippen LogP contribution in [0.3, 0.4) is 0 Å². The second-order valence-corrected chi connectivity index (χ2v) is 10.4. The SMILES string of the molecule is CNC(=O)[C@@H](C)N(Cc1ccccc1Cl)C(=O)CN(c1ccc(Cl)cc1)S(=O)(=O)c1ccccc1. The highest BCUT2D eigenvalue weighted by Gasteiger charge is 2.32. The van der Waals surface area contributed by atoms with Gasteiger partial charge in [0.15, 0.2) is 0 Å². The van der Waals surface area contributed by atoms with Crippen molar-refractivity contribution in [1.29, 1.82) is 0 Å².